The zero-order valence-corrected chi connectivity index (χ0v) is 18.7. The molecule has 1 aliphatic carbocycles. The maximum absolute atomic E-state index is 13.0. The molecule has 1 amide bonds. The number of nitrogens with zero attached hydrogens (tertiary/aromatic N) is 1. The Morgan fingerprint density at radius 1 is 0.969 bits per heavy atom. The molecule has 1 aliphatic rings. The normalized spacial score (nSPS) is 15.0. The Balaban J connectivity index is 1.50. The van der Waals surface area contributed by atoms with E-state index in [-0.39, 0.29) is 18.6 Å². The first-order chi connectivity index (χ1) is 15.6. The number of rotatable bonds is 5. The maximum Gasteiger partial charge on any atom is 0.339 e. The van der Waals surface area contributed by atoms with Crippen molar-refractivity contribution in [2.45, 2.75) is 51.0 Å². The minimum Gasteiger partial charge on any atom is -0.452 e. The highest BCUT2D eigenvalue weighted by molar-refractivity contribution is 6.33. The first kappa shape index (κ1) is 22.3. The third kappa shape index (κ3) is 5.46. The number of para-hydroxylation sites is 1. The Labute approximate surface area is 193 Å². The van der Waals surface area contributed by atoms with Gasteiger partial charge < -0.3 is 10.1 Å². The second-order valence-corrected chi connectivity index (χ2v) is 8.64. The van der Waals surface area contributed by atoms with Gasteiger partial charge in [-0.3, -0.25) is 4.79 Å². The van der Waals surface area contributed by atoms with Gasteiger partial charge in [0.25, 0.3) is 5.91 Å². The third-order valence-corrected chi connectivity index (χ3v) is 6.22. The molecule has 1 fully saturated rings. The molecule has 166 valence electrons. The number of carbonyl (C=O) groups is 2. The molecular weight excluding hydrogens is 424 g/mol. The van der Waals surface area contributed by atoms with Gasteiger partial charge in [0.05, 0.1) is 16.8 Å². The molecule has 1 N–H and O–H groups in total. The molecule has 0 atom stereocenters. The van der Waals surface area contributed by atoms with Crippen LogP contribution in [-0.2, 0) is 9.53 Å². The zero-order chi connectivity index (χ0) is 22.3. The van der Waals surface area contributed by atoms with E-state index in [1.165, 1.54) is 19.3 Å². The number of benzene rings is 2. The Bertz CT molecular complexity index is 1110. The quantitative estimate of drug-likeness (QED) is 0.488. The van der Waals surface area contributed by atoms with Gasteiger partial charge in [-0.05, 0) is 31.0 Å². The van der Waals surface area contributed by atoms with E-state index in [4.69, 9.17) is 16.3 Å². The summed E-state index contributed by atoms with van der Waals surface area (Å²) < 4.78 is 5.40. The van der Waals surface area contributed by atoms with Gasteiger partial charge in [0.1, 0.15) is 0 Å². The zero-order valence-electron chi connectivity index (χ0n) is 18.0. The highest BCUT2D eigenvalue weighted by Crippen LogP contribution is 2.30. The van der Waals surface area contributed by atoms with E-state index in [1.54, 1.807) is 12.1 Å². The second-order valence-electron chi connectivity index (χ2n) is 8.24. The summed E-state index contributed by atoms with van der Waals surface area (Å²) in [5.74, 6) is -0.807. The fraction of sp³-hybridized carbons (Fsp3) is 0.346. The number of esters is 1. The molecule has 5 nitrogen and oxygen atoms in total. The number of fused-ring (bicyclic) bond motifs is 1. The van der Waals surface area contributed by atoms with E-state index in [0.717, 1.165) is 31.2 Å². The molecule has 0 saturated heterocycles. The molecular formula is C26H27ClN2O3. The van der Waals surface area contributed by atoms with Crippen LogP contribution in [0.1, 0.15) is 55.3 Å². The Morgan fingerprint density at radius 3 is 2.44 bits per heavy atom. The van der Waals surface area contributed by atoms with Gasteiger partial charge in [0.15, 0.2) is 6.61 Å². The van der Waals surface area contributed by atoms with Crippen molar-refractivity contribution in [3.05, 3.63) is 65.2 Å². The summed E-state index contributed by atoms with van der Waals surface area (Å²) in [7, 11) is 0. The summed E-state index contributed by atoms with van der Waals surface area (Å²) in [5.41, 5.74) is 2.34. The Kier molecular flexibility index (Phi) is 7.38. The summed E-state index contributed by atoms with van der Waals surface area (Å²) in [4.78, 5) is 30.1. The van der Waals surface area contributed by atoms with E-state index in [9.17, 15) is 9.59 Å². The van der Waals surface area contributed by atoms with Crippen LogP contribution in [0.25, 0.3) is 22.2 Å². The first-order valence-electron chi connectivity index (χ1n) is 11.2. The van der Waals surface area contributed by atoms with Crippen molar-refractivity contribution in [3.8, 4) is 11.3 Å². The van der Waals surface area contributed by atoms with E-state index in [0.29, 0.717) is 27.2 Å². The monoisotopic (exact) mass is 450 g/mol. The van der Waals surface area contributed by atoms with Crippen LogP contribution in [0.4, 0.5) is 0 Å². The highest BCUT2D eigenvalue weighted by Gasteiger charge is 2.19. The van der Waals surface area contributed by atoms with Crippen LogP contribution >= 0.6 is 11.6 Å². The molecule has 1 aromatic heterocycles. The van der Waals surface area contributed by atoms with Crippen molar-refractivity contribution in [1.29, 1.82) is 0 Å². The molecule has 4 rings (SSSR count). The number of aromatic nitrogens is 1. The van der Waals surface area contributed by atoms with Crippen LogP contribution in [0.3, 0.4) is 0 Å². The molecule has 2 aromatic carbocycles. The molecule has 1 saturated carbocycles. The predicted molar refractivity (Wildman–Crippen MR) is 127 cm³/mol. The average molecular weight is 451 g/mol. The topological polar surface area (TPSA) is 68.3 Å². The van der Waals surface area contributed by atoms with Gasteiger partial charge >= 0.3 is 5.97 Å². The first-order valence-corrected chi connectivity index (χ1v) is 11.6. The van der Waals surface area contributed by atoms with E-state index >= 15 is 0 Å². The number of nitrogens with one attached hydrogen (secondary N) is 1. The van der Waals surface area contributed by atoms with Crippen LogP contribution in [0.2, 0.25) is 5.02 Å². The van der Waals surface area contributed by atoms with Crippen molar-refractivity contribution in [1.82, 2.24) is 10.3 Å². The predicted octanol–water partition coefficient (Wildman–Crippen LogP) is 5.94. The van der Waals surface area contributed by atoms with E-state index < -0.39 is 5.97 Å². The van der Waals surface area contributed by atoms with Crippen LogP contribution in [0.15, 0.2) is 54.6 Å². The Morgan fingerprint density at radius 2 is 1.66 bits per heavy atom. The third-order valence-electron chi connectivity index (χ3n) is 5.89. The lowest BCUT2D eigenvalue weighted by atomic mass is 9.97. The summed E-state index contributed by atoms with van der Waals surface area (Å²) >= 11 is 6.35. The molecule has 1 heterocycles. The summed E-state index contributed by atoms with van der Waals surface area (Å²) in [6.07, 6.45) is 7.91. The van der Waals surface area contributed by atoms with E-state index in [1.807, 2.05) is 42.5 Å². The standard InChI is InChI=1S/C26H27ClN2O3/c27-22-14-8-6-13-20(22)24-16-21(19-12-7-9-15-23(19)29-24)26(31)32-17-25(30)28-18-10-4-2-1-3-5-11-18/h6-9,12-16,18H,1-5,10-11,17H2,(H,28,30). The highest BCUT2D eigenvalue weighted by atomic mass is 35.5. The SMILES string of the molecule is O=C(COC(=O)c1cc(-c2ccccc2Cl)nc2ccccc12)NC1CCCCCCC1. The van der Waals surface area contributed by atoms with E-state index in [2.05, 4.69) is 10.3 Å². The number of carbonyl (C=O) groups excluding carboxylic acids is 2. The number of pyridine rings is 1. The number of hydrogen-bond acceptors (Lipinski definition) is 4. The molecule has 6 heteroatoms. The van der Waals surface area contributed by atoms with Crippen molar-refractivity contribution >= 4 is 34.4 Å². The van der Waals surface area contributed by atoms with Gasteiger partial charge in [0, 0.05) is 22.0 Å². The van der Waals surface area contributed by atoms with Gasteiger partial charge in [-0.25, -0.2) is 9.78 Å². The van der Waals surface area contributed by atoms with Crippen molar-refractivity contribution in [3.63, 3.8) is 0 Å². The fourth-order valence-corrected chi connectivity index (χ4v) is 4.46. The smallest absolute Gasteiger partial charge is 0.339 e. The molecule has 0 spiro atoms. The Hall–Kier alpha value is -2.92. The molecule has 3 aromatic rings. The number of hydrogen-bond donors (Lipinski definition) is 1. The van der Waals surface area contributed by atoms with Gasteiger partial charge in [0.2, 0.25) is 0 Å². The van der Waals surface area contributed by atoms with Crippen LogP contribution < -0.4 is 5.32 Å². The summed E-state index contributed by atoms with van der Waals surface area (Å²) in [6.45, 7) is -0.298. The lowest BCUT2D eigenvalue weighted by Gasteiger charge is -2.21. The number of amides is 1. The number of halogens is 1. The molecule has 0 aliphatic heterocycles. The van der Waals surface area contributed by atoms with Crippen molar-refractivity contribution in [2.75, 3.05) is 6.61 Å². The molecule has 0 unspecified atom stereocenters. The lowest BCUT2D eigenvalue weighted by molar-refractivity contribution is -0.125. The van der Waals surface area contributed by atoms with Crippen LogP contribution in [-0.4, -0.2) is 29.5 Å². The number of ether oxygens (including phenoxy) is 1. The second kappa shape index (κ2) is 10.6. The van der Waals surface area contributed by atoms with Gasteiger partial charge in [-0.1, -0.05) is 80.1 Å². The van der Waals surface area contributed by atoms with Gasteiger partial charge in [-0.2, -0.15) is 0 Å². The van der Waals surface area contributed by atoms with Crippen molar-refractivity contribution < 1.29 is 14.3 Å². The average Bonchev–Trinajstić information content (AvgIpc) is 2.79. The summed E-state index contributed by atoms with van der Waals surface area (Å²) in [5, 5.41) is 4.25. The van der Waals surface area contributed by atoms with Crippen LogP contribution in [0, 0.1) is 0 Å². The maximum atomic E-state index is 13.0. The van der Waals surface area contributed by atoms with Crippen LogP contribution in [0.5, 0.6) is 0 Å². The molecule has 0 bridgehead atoms. The molecule has 32 heavy (non-hydrogen) atoms. The minimum atomic E-state index is -0.551. The fourth-order valence-electron chi connectivity index (χ4n) is 4.23. The largest absolute Gasteiger partial charge is 0.452 e. The van der Waals surface area contributed by atoms with Gasteiger partial charge in [-0.15, -0.1) is 0 Å². The molecule has 0 radical (unpaired) electrons. The summed E-state index contributed by atoms with van der Waals surface area (Å²) in [6, 6.07) is 16.6. The van der Waals surface area contributed by atoms with Crippen molar-refractivity contribution in [2.24, 2.45) is 0 Å². The minimum absolute atomic E-state index is 0.162. The lowest BCUT2D eigenvalue weighted by Crippen LogP contribution is -2.38.